The number of hydrogen-bond donors (Lipinski definition) is 1. The molecule has 0 radical (unpaired) electrons. The SMILES string of the molecule is CC1(c2ccc(F)cc2F)OCC(CN)O1. The number of halogens is 2. The van der Waals surface area contributed by atoms with E-state index in [2.05, 4.69) is 0 Å². The topological polar surface area (TPSA) is 44.5 Å². The highest BCUT2D eigenvalue weighted by Crippen LogP contribution is 2.35. The van der Waals surface area contributed by atoms with Crippen LogP contribution in [0.4, 0.5) is 8.78 Å². The zero-order valence-corrected chi connectivity index (χ0v) is 8.87. The highest BCUT2D eigenvalue weighted by Gasteiger charge is 2.40. The lowest BCUT2D eigenvalue weighted by molar-refractivity contribution is -0.162. The maximum Gasteiger partial charge on any atom is 0.195 e. The number of ether oxygens (including phenoxy) is 2. The van der Waals surface area contributed by atoms with Crippen LogP contribution in [0.2, 0.25) is 0 Å². The summed E-state index contributed by atoms with van der Waals surface area (Å²) in [4.78, 5) is 0. The molecule has 1 aromatic carbocycles. The normalized spacial score (nSPS) is 29.6. The van der Waals surface area contributed by atoms with Crippen molar-refractivity contribution in [3.63, 3.8) is 0 Å². The first-order chi connectivity index (χ1) is 7.55. The van der Waals surface area contributed by atoms with Gasteiger partial charge in [-0.15, -0.1) is 0 Å². The van der Waals surface area contributed by atoms with Crippen molar-refractivity contribution in [2.45, 2.75) is 18.8 Å². The highest BCUT2D eigenvalue weighted by molar-refractivity contribution is 5.23. The zero-order chi connectivity index (χ0) is 11.8. The summed E-state index contributed by atoms with van der Waals surface area (Å²) in [6.07, 6.45) is -0.255. The van der Waals surface area contributed by atoms with Crippen LogP contribution in [-0.4, -0.2) is 19.3 Å². The third kappa shape index (κ3) is 1.93. The molecule has 1 saturated heterocycles. The summed E-state index contributed by atoms with van der Waals surface area (Å²) in [6.45, 7) is 2.21. The van der Waals surface area contributed by atoms with Crippen molar-refractivity contribution in [3.05, 3.63) is 35.4 Å². The third-order valence-electron chi connectivity index (χ3n) is 2.62. The molecular weight excluding hydrogens is 216 g/mol. The Balaban J connectivity index is 2.30. The fourth-order valence-corrected chi connectivity index (χ4v) is 1.75. The van der Waals surface area contributed by atoms with Gasteiger partial charge in [-0.3, -0.25) is 0 Å². The van der Waals surface area contributed by atoms with Gasteiger partial charge in [-0.2, -0.15) is 0 Å². The predicted molar refractivity (Wildman–Crippen MR) is 53.6 cm³/mol. The van der Waals surface area contributed by atoms with Gasteiger partial charge in [0.25, 0.3) is 0 Å². The largest absolute Gasteiger partial charge is 0.343 e. The minimum atomic E-state index is -1.18. The first kappa shape index (κ1) is 11.4. The second kappa shape index (κ2) is 4.08. The van der Waals surface area contributed by atoms with Crippen LogP contribution in [0, 0.1) is 11.6 Å². The van der Waals surface area contributed by atoms with Crippen LogP contribution in [0.1, 0.15) is 12.5 Å². The molecule has 0 spiro atoms. The predicted octanol–water partition coefficient (Wildman–Crippen LogP) is 1.51. The second-order valence-electron chi connectivity index (χ2n) is 3.86. The Morgan fingerprint density at radius 3 is 2.81 bits per heavy atom. The van der Waals surface area contributed by atoms with E-state index in [9.17, 15) is 8.78 Å². The van der Waals surface area contributed by atoms with E-state index < -0.39 is 17.4 Å². The Morgan fingerprint density at radius 1 is 1.50 bits per heavy atom. The molecule has 1 heterocycles. The van der Waals surface area contributed by atoms with E-state index in [1.165, 1.54) is 12.1 Å². The summed E-state index contributed by atoms with van der Waals surface area (Å²) in [6, 6.07) is 3.30. The van der Waals surface area contributed by atoms with E-state index in [0.717, 1.165) is 6.07 Å². The van der Waals surface area contributed by atoms with E-state index in [1.807, 2.05) is 0 Å². The maximum atomic E-state index is 13.5. The fraction of sp³-hybridized carbons (Fsp3) is 0.455. The summed E-state index contributed by atoms with van der Waals surface area (Å²) in [5.41, 5.74) is 5.62. The monoisotopic (exact) mass is 229 g/mol. The summed E-state index contributed by atoms with van der Waals surface area (Å²) in [7, 11) is 0. The van der Waals surface area contributed by atoms with Gasteiger partial charge in [0.15, 0.2) is 5.79 Å². The lowest BCUT2D eigenvalue weighted by Crippen LogP contribution is -2.28. The molecule has 0 amide bonds. The van der Waals surface area contributed by atoms with Crippen molar-refractivity contribution >= 4 is 0 Å². The van der Waals surface area contributed by atoms with E-state index in [-0.39, 0.29) is 11.7 Å². The van der Waals surface area contributed by atoms with Gasteiger partial charge in [0.05, 0.1) is 12.7 Å². The molecule has 2 N–H and O–H groups in total. The lowest BCUT2D eigenvalue weighted by Gasteiger charge is -2.24. The number of hydrogen-bond acceptors (Lipinski definition) is 3. The molecule has 0 bridgehead atoms. The van der Waals surface area contributed by atoms with Crippen LogP contribution in [0.3, 0.4) is 0 Å². The van der Waals surface area contributed by atoms with Crippen LogP contribution in [0.25, 0.3) is 0 Å². The van der Waals surface area contributed by atoms with Crippen LogP contribution >= 0.6 is 0 Å². The van der Waals surface area contributed by atoms with Gasteiger partial charge in [0.2, 0.25) is 0 Å². The van der Waals surface area contributed by atoms with E-state index >= 15 is 0 Å². The molecular formula is C11H13F2NO2. The standard InChI is InChI=1S/C11H13F2NO2/c1-11(15-6-8(5-14)16-11)9-3-2-7(12)4-10(9)13/h2-4,8H,5-6,14H2,1H3. The van der Waals surface area contributed by atoms with Gasteiger partial charge in [-0.05, 0) is 19.1 Å². The molecule has 0 aromatic heterocycles. The Bertz CT molecular complexity index is 400. The zero-order valence-electron chi connectivity index (χ0n) is 8.87. The first-order valence-corrected chi connectivity index (χ1v) is 5.02. The average Bonchev–Trinajstić information content (AvgIpc) is 2.61. The summed E-state index contributed by atoms with van der Waals surface area (Å²) in [5, 5.41) is 0. The lowest BCUT2D eigenvalue weighted by atomic mass is 10.1. The molecule has 0 saturated carbocycles. The summed E-state index contributed by atoms with van der Waals surface area (Å²) >= 11 is 0. The van der Waals surface area contributed by atoms with Crippen molar-refractivity contribution in [2.75, 3.05) is 13.2 Å². The molecule has 88 valence electrons. The van der Waals surface area contributed by atoms with Gasteiger partial charge >= 0.3 is 0 Å². The molecule has 1 aliphatic heterocycles. The molecule has 3 nitrogen and oxygen atoms in total. The maximum absolute atomic E-state index is 13.5. The first-order valence-electron chi connectivity index (χ1n) is 5.02. The molecule has 2 unspecified atom stereocenters. The molecule has 1 fully saturated rings. The Kier molecular flexibility index (Phi) is 2.92. The molecule has 1 aromatic rings. The van der Waals surface area contributed by atoms with Crippen LogP contribution in [-0.2, 0) is 15.3 Å². The third-order valence-corrected chi connectivity index (χ3v) is 2.62. The molecule has 16 heavy (non-hydrogen) atoms. The van der Waals surface area contributed by atoms with Crippen molar-refractivity contribution < 1.29 is 18.3 Å². The van der Waals surface area contributed by atoms with Crippen LogP contribution in [0.15, 0.2) is 18.2 Å². The van der Waals surface area contributed by atoms with Gasteiger partial charge in [-0.1, -0.05) is 0 Å². The average molecular weight is 229 g/mol. The molecule has 2 atom stereocenters. The van der Waals surface area contributed by atoms with Crippen LogP contribution < -0.4 is 5.73 Å². The van der Waals surface area contributed by atoms with Crippen molar-refractivity contribution in [1.29, 1.82) is 0 Å². The van der Waals surface area contributed by atoms with Crippen molar-refractivity contribution in [1.82, 2.24) is 0 Å². The quantitative estimate of drug-likeness (QED) is 0.836. The van der Waals surface area contributed by atoms with Gasteiger partial charge in [0, 0.05) is 18.2 Å². The summed E-state index contributed by atoms with van der Waals surface area (Å²) in [5.74, 6) is -2.49. The number of nitrogens with two attached hydrogens (primary N) is 1. The summed E-state index contributed by atoms with van der Waals surface area (Å²) < 4.78 is 37.2. The molecule has 1 aliphatic rings. The number of benzene rings is 1. The Morgan fingerprint density at radius 2 is 2.25 bits per heavy atom. The smallest absolute Gasteiger partial charge is 0.195 e. The highest BCUT2D eigenvalue weighted by atomic mass is 19.1. The minimum Gasteiger partial charge on any atom is -0.343 e. The van der Waals surface area contributed by atoms with E-state index in [0.29, 0.717) is 13.2 Å². The minimum absolute atomic E-state index is 0.185. The Labute approximate surface area is 92.1 Å². The van der Waals surface area contributed by atoms with Gasteiger partial charge in [-0.25, -0.2) is 8.78 Å². The van der Waals surface area contributed by atoms with Crippen molar-refractivity contribution in [2.24, 2.45) is 5.73 Å². The molecule has 5 heteroatoms. The van der Waals surface area contributed by atoms with E-state index in [1.54, 1.807) is 6.92 Å². The van der Waals surface area contributed by atoms with Crippen LogP contribution in [0.5, 0.6) is 0 Å². The number of rotatable bonds is 2. The second-order valence-corrected chi connectivity index (χ2v) is 3.86. The van der Waals surface area contributed by atoms with E-state index in [4.69, 9.17) is 15.2 Å². The molecule has 2 rings (SSSR count). The fourth-order valence-electron chi connectivity index (χ4n) is 1.75. The Hall–Kier alpha value is -1.04. The molecule has 0 aliphatic carbocycles. The van der Waals surface area contributed by atoms with Gasteiger partial charge in [0.1, 0.15) is 11.6 Å². The van der Waals surface area contributed by atoms with Crippen molar-refractivity contribution in [3.8, 4) is 0 Å². The van der Waals surface area contributed by atoms with Gasteiger partial charge < -0.3 is 15.2 Å².